The molecule has 0 unspecified atom stereocenters. The van der Waals surface area contributed by atoms with E-state index >= 15 is 0 Å². The molecule has 2 aliphatic rings. The van der Waals surface area contributed by atoms with Crippen LogP contribution in [0.25, 0.3) is 10.8 Å². The minimum Gasteiger partial charge on any atom is -0.352 e. The van der Waals surface area contributed by atoms with E-state index in [2.05, 4.69) is 5.32 Å². The molecule has 0 aromatic heterocycles. The number of hydrogen-bond donors (Lipinski definition) is 1. The highest BCUT2D eigenvalue weighted by Gasteiger charge is 2.36. The molecule has 192 valence electrons. The Morgan fingerprint density at radius 1 is 1.08 bits per heavy atom. The molecule has 8 heteroatoms. The van der Waals surface area contributed by atoms with Gasteiger partial charge in [-0.3, -0.25) is 19.3 Å². The van der Waals surface area contributed by atoms with Crippen molar-refractivity contribution in [2.24, 2.45) is 0 Å². The van der Waals surface area contributed by atoms with Crippen LogP contribution in [-0.4, -0.2) is 41.2 Å². The van der Waals surface area contributed by atoms with Crippen LogP contribution in [0.15, 0.2) is 54.6 Å². The van der Waals surface area contributed by atoms with Crippen molar-refractivity contribution in [2.75, 3.05) is 11.4 Å². The lowest BCUT2D eigenvalue weighted by Gasteiger charge is -2.33. The highest BCUT2D eigenvalue weighted by atomic mass is 35.5. The topological polar surface area (TPSA) is 69.7 Å². The molecule has 3 aromatic rings. The lowest BCUT2D eigenvalue weighted by molar-refractivity contribution is -0.140. The van der Waals surface area contributed by atoms with E-state index < -0.39 is 6.04 Å². The van der Waals surface area contributed by atoms with Gasteiger partial charge in [0.25, 0.3) is 5.91 Å². The molecule has 1 fully saturated rings. The molecule has 3 aromatic carbocycles. The van der Waals surface area contributed by atoms with Gasteiger partial charge in [-0.25, -0.2) is 0 Å². The van der Waals surface area contributed by atoms with Gasteiger partial charge in [0.1, 0.15) is 12.6 Å². The Labute approximate surface area is 226 Å². The van der Waals surface area contributed by atoms with Crippen LogP contribution >= 0.6 is 23.2 Å². The summed E-state index contributed by atoms with van der Waals surface area (Å²) in [7, 11) is 0. The van der Waals surface area contributed by atoms with E-state index in [0.29, 0.717) is 33.3 Å². The fourth-order valence-electron chi connectivity index (χ4n) is 5.48. The molecule has 5 rings (SSSR count). The number of nitrogens with one attached hydrogen (secondary N) is 1. The molecule has 0 radical (unpaired) electrons. The monoisotopic (exact) mass is 537 g/mol. The van der Waals surface area contributed by atoms with E-state index in [1.807, 2.05) is 37.3 Å². The number of benzene rings is 3. The molecule has 0 bridgehead atoms. The second kappa shape index (κ2) is 10.7. The van der Waals surface area contributed by atoms with Gasteiger partial charge in [0.15, 0.2) is 0 Å². The third-order valence-corrected chi connectivity index (χ3v) is 7.97. The van der Waals surface area contributed by atoms with Crippen LogP contribution in [0.5, 0.6) is 0 Å². The number of hydrogen-bond acceptors (Lipinski definition) is 3. The maximum atomic E-state index is 13.9. The Morgan fingerprint density at radius 2 is 1.81 bits per heavy atom. The summed E-state index contributed by atoms with van der Waals surface area (Å²) in [6.45, 7) is 1.84. The maximum absolute atomic E-state index is 13.9. The number of halogens is 2. The van der Waals surface area contributed by atoms with E-state index in [9.17, 15) is 14.4 Å². The van der Waals surface area contributed by atoms with E-state index in [0.717, 1.165) is 36.5 Å². The summed E-state index contributed by atoms with van der Waals surface area (Å²) < 4.78 is 0. The van der Waals surface area contributed by atoms with E-state index in [1.54, 1.807) is 29.2 Å². The Balaban J connectivity index is 1.45. The molecule has 1 heterocycles. The number of carbonyl (C=O) groups excluding carboxylic acids is 3. The van der Waals surface area contributed by atoms with Crippen LogP contribution in [0.3, 0.4) is 0 Å². The van der Waals surface area contributed by atoms with Crippen molar-refractivity contribution < 1.29 is 14.4 Å². The minimum atomic E-state index is -0.698. The second-order valence-corrected chi connectivity index (χ2v) is 10.6. The van der Waals surface area contributed by atoms with Crippen molar-refractivity contribution >= 4 is 57.4 Å². The summed E-state index contributed by atoms with van der Waals surface area (Å²) in [6, 6.07) is 15.8. The molecule has 1 saturated carbocycles. The molecular formula is C29H29Cl2N3O3. The minimum absolute atomic E-state index is 0.130. The third kappa shape index (κ3) is 5.05. The second-order valence-electron chi connectivity index (χ2n) is 9.74. The summed E-state index contributed by atoms with van der Waals surface area (Å²) >= 11 is 12.6. The molecular weight excluding hydrogens is 509 g/mol. The van der Waals surface area contributed by atoms with E-state index in [4.69, 9.17) is 23.2 Å². The molecule has 0 saturated heterocycles. The fraction of sp³-hybridized carbons (Fsp3) is 0.345. The zero-order valence-corrected chi connectivity index (χ0v) is 22.2. The number of rotatable bonds is 8. The van der Waals surface area contributed by atoms with Crippen LogP contribution in [-0.2, 0) is 16.1 Å². The first-order valence-electron chi connectivity index (χ1n) is 12.7. The van der Waals surface area contributed by atoms with Gasteiger partial charge in [-0.2, -0.15) is 0 Å². The van der Waals surface area contributed by atoms with Crippen molar-refractivity contribution in [3.8, 4) is 0 Å². The molecule has 1 N–H and O–H groups in total. The number of amides is 3. The number of carbonyl (C=O) groups is 3. The summed E-state index contributed by atoms with van der Waals surface area (Å²) in [5, 5.41) is 5.85. The lowest BCUT2D eigenvalue weighted by Crippen LogP contribution is -2.53. The number of anilines is 1. The summed E-state index contributed by atoms with van der Waals surface area (Å²) in [5.74, 6) is -0.711. The normalized spacial score (nSPS) is 15.9. The molecule has 1 aliphatic heterocycles. The third-order valence-electron chi connectivity index (χ3n) is 7.39. The smallest absolute Gasteiger partial charge is 0.259 e. The van der Waals surface area contributed by atoms with Crippen LogP contribution in [0.2, 0.25) is 10.0 Å². The van der Waals surface area contributed by atoms with Crippen LogP contribution in [0.4, 0.5) is 5.69 Å². The van der Waals surface area contributed by atoms with Crippen molar-refractivity contribution in [1.82, 2.24) is 10.2 Å². The Kier molecular flexibility index (Phi) is 7.40. The van der Waals surface area contributed by atoms with Crippen LogP contribution in [0.1, 0.15) is 54.9 Å². The zero-order valence-electron chi connectivity index (χ0n) is 20.7. The number of nitrogens with zero attached hydrogens (tertiary/aromatic N) is 2. The van der Waals surface area contributed by atoms with Gasteiger partial charge >= 0.3 is 0 Å². The quantitative estimate of drug-likeness (QED) is 0.384. The van der Waals surface area contributed by atoms with Crippen molar-refractivity contribution in [3.63, 3.8) is 0 Å². The van der Waals surface area contributed by atoms with E-state index in [-0.39, 0.29) is 36.9 Å². The Hall–Kier alpha value is -3.09. The fourth-order valence-corrected chi connectivity index (χ4v) is 5.95. The van der Waals surface area contributed by atoms with Crippen LogP contribution in [0, 0.1) is 0 Å². The molecule has 1 aliphatic carbocycles. The predicted octanol–water partition coefficient (Wildman–Crippen LogP) is 5.97. The first-order valence-corrected chi connectivity index (χ1v) is 13.5. The Bertz CT molecular complexity index is 1360. The molecule has 0 spiro atoms. The highest BCUT2D eigenvalue weighted by molar-refractivity contribution is 6.35. The summed E-state index contributed by atoms with van der Waals surface area (Å²) in [6.07, 6.45) is 4.51. The largest absolute Gasteiger partial charge is 0.352 e. The lowest BCUT2D eigenvalue weighted by atomic mass is 10.1. The molecule has 6 nitrogen and oxygen atoms in total. The van der Waals surface area contributed by atoms with Gasteiger partial charge in [0, 0.05) is 33.6 Å². The molecule has 1 atom stereocenters. The zero-order chi connectivity index (χ0) is 26.1. The summed E-state index contributed by atoms with van der Waals surface area (Å²) in [4.78, 5) is 43.7. The van der Waals surface area contributed by atoms with Crippen molar-refractivity contribution in [2.45, 2.75) is 57.7 Å². The van der Waals surface area contributed by atoms with Gasteiger partial charge in [-0.05, 0) is 54.5 Å². The van der Waals surface area contributed by atoms with Crippen LogP contribution < -0.4 is 10.2 Å². The standard InChI is InChI=1S/C29H29Cl2N3O3/c1-2-24(28(36)32-21-9-3-4-10-21)33(16-19-13-14-20(30)15-23(19)31)26(35)17-34-25-12-6-8-18-7-5-11-22(27(18)25)29(34)37/h5-8,11-15,21,24H,2-4,9-10,16-17H2,1H3,(H,32,36)/t24-/m1/s1. The van der Waals surface area contributed by atoms with Gasteiger partial charge in [0.05, 0.1) is 5.69 Å². The highest BCUT2D eigenvalue weighted by Crippen LogP contribution is 2.37. The average Bonchev–Trinajstić information content (AvgIpc) is 3.49. The van der Waals surface area contributed by atoms with Crippen molar-refractivity contribution in [3.05, 3.63) is 75.8 Å². The first-order chi connectivity index (χ1) is 17.9. The van der Waals surface area contributed by atoms with Gasteiger partial charge in [-0.1, -0.05) is 73.3 Å². The van der Waals surface area contributed by atoms with Crippen molar-refractivity contribution in [1.29, 1.82) is 0 Å². The molecule has 3 amide bonds. The maximum Gasteiger partial charge on any atom is 0.259 e. The molecule has 37 heavy (non-hydrogen) atoms. The van der Waals surface area contributed by atoms with Gasteiger partial charge in [-0.15, -0.1) is 0 Å². The van der Waals surface area contributed by atoms with Gasteiger partial charge < -0.3 is 10.2 Å². The van der Waals surface area contributed by atoms with Gasteiger partial charge in [0.2, 0.25) is 11.8 Å². The van der Waals surface area contributed by atoms with E-state index in [1.165, 1.54) is 4.90 Å². The average molecular weight is 538 g/mol. The summed E-state index contributed by atoms with van der Waals surface area (Å²) in [5.41, 5.74) is 1.98. The SMILES string of the molecule is CC[C@H](C(=O)NC1CCCC1)N(Cc1ccc(Cl)cc1Cl)C(=O)CN1C(=O)c2cccc3cccc1c23. The predicted molar refractivity (Wildman–Crippen MR) is 147 cm³/mol. The first kappa shape index (κ1) is 25.6. The Morgan fingerprint density at radius 3 is 2.51 bits per heavy atom.